The summed E-state index contributed by atoms with van der Waals surface area (Å²) >= 11 is 0. The first-order chi connectivity index (χ1) is 16.2. The standard InChI is InChI=1S/C30H50O4/c1-25(2)15-13-17-27(5)21-23-33-29(31)19-11-9-7-8-10-12-20-30(32)34-24-22-28(6)18-14-16-26(3)4/h15-16,21-22H,7-14,17-20,23-24H2,1-6H3/b27-21-,28-22-. The second-order valence-corrected chi connectivity index (χ2v) is 9.73. The molecule has 0 bridgehead atoms. The van der Waals surface area contributed by atoms with Crippen LogP contribution in [-0.4, -0.2) is 25.2 Å². The summed E-state index contributed by atoms with van der Waals surface area (Å²) in [7, 11) is 0. The van der Waals surface area contributed by atoms with Gasteiger partial charge in [-0.2, -0.15) is 0 Å². The summed E-state index contributed by atoms with van der Waals surface area (Å²) in [6.45, 7) is 13.3. The highest BCUT2D eigenvalue weighted by molar-refractivity contribution is 5.69. The molecule has 0 aromatic rings. The van der Waals surface area contributed by atoms with E-state index in [0.717, 1.165) is 64.2 Å². The van der Waals surface area contributed by atoms with Gasteiger partial charge < -0.3 is 9.47 Å². The van der Waals surface area contributed by atoms with Crippen LogP contribution in [0.25, 0.3) is 0 Å². The molecule has 34 heavy (non-hydrogen) atoms. The summed E-state index contributed by atoms with van der Waals surface area (Å²) in [6, 6.07) is 0. The fourth-order valence-electron chi connectivity index (χ4n) is 3.33. The summed E-state index contributed by atoms with van der Waals surface area (Å²) in [5, 5.41) is 0. The van der Waals surface area contributed by atoms with Gasteiger partial charge in [0.25, 0.3) is 0 Å². The van der Waals surface area contributed by atoms with Crippen molar-refractivity contribution in [1.29, 1.82) is 0 Å². The Hall–Kier alpha value is -2.10. The Kier molecular flexibility index (Phi) is 20.1. The van der Waals surface area contributed by atoms with E-state index >= 15 is 0 Å². The highest BCUT2D eigenvalue weighted by Crippen LogP contribution is 2.11. The summed E-state index contributed by atoms with van der Waals surface area (Å²) in [5.41, 5.74) is 5.19. The first-order valence-corrected chi connectivity index (χ1v) is 13.1. The van der Waals surface area contributed by atoms with Crippen molar-refractivity contribution in [2.45, 2.75) is 119 Å². The van der Waals surface area contributed by atoms with E-state index in [4.69, 9.17) is 9.47 Å². The van der Waals surface area contributed by atoms with Gasteiger partial charge in [0.1, 0.15) is 13.2 Å². The number of hydrogen-bond donors (Lipinski definition) is 0. The lowest BCUT2D eigenvalue weighted by atomic mass is 10.1. The predicted octanol–water partition coefficient (Wildman–Crippen LogP) is 8.58. The molecule has 0 heterocycles. The molecular weight excluding hydrogens is 424 g/mol. The Balaban J connectivity index is 3.63. The smallest absolute Gasteiger partial charge is 0.306 e. The molecule has 4 heteroatoms. The molecule has 0 aliphatic rings. The maximum atomic E-state index is 11.8. The van der Waals surface area contributed by atoms with Crippen LogP contribution in [0.4, 0.5) is 0 Å². The van der Waals surface area contributed by atoms with Gasteiger partial charge in [0.05, 0.1) is 0 Å². The Bertz CT molecular complexity index is 627. The lowest BCUT2D eigenvalue weighted by Crippen LogP contribution is -2.05. The van der Waals surface area contributed by atoms with Crippen LogP contribution in [0.15, 0.2) is 46.6 Å². The second kappa shape index (κ2) is 21.4. The molecule has 0 aromatic heterocycles. The lowest BCUT2D eigenvalue weighted by molar-refractivity contribution is -0.143. The van der Waals surface area contributed by atoms with Crippen LogP contribution in [0.2, 0.25) is 0 Å². The maximum absolute atomic E-state index is 11.8. The fourth-order valence-corrected chi connectivity index (χ4v) is 3.33. The molecule has 0 amide bonds. The summed E-state index contributed by atoms with van der Waals surface area (Å²) in [4.78, 5) is 23.7. The SMILES string of the molecule is CC(C)=CCC/C(C)=C\COC(=O)CCCCCCCCC(=O)OC/C=C(/C)CCC=C(C)C. The van der Waals surface area contributed by atoms with Gasteiger partial charge in [-0.3, -0.25) is 9.59 Å². The monoisotopic (exact) mass is 474 g/mol. The summed E-state index contributed by atoms with van der Waals surface area (Å²) in [6.07, 6.45) is 19.5. The first kappa shape index (κ1) is 31.9. The molecule has 0 N–H and O–H groups in total. The molecule has 0 radical (unpaired) electrons. The number of esters is 2. The fraction of sp³-hybridized carbons (Fsp3) is 0.667. The Morgan fingerprint density at radius 2 is 0.853 bits per heavy atom. The van der Waals surface area contributed by atoms with Crippen molar-refractivity contribution in [2.75, 3.05) is 13.2 Å². The van der Waals surface area contributed by atoms with Crippen LogP contribution in [0.1, 0.15) is 119 Å². The van der Waals surface area contributed by atoms with Crippen molar-refractivity contribution in [2.24, 2.45) is 0 Å². The van der Waals surface area contributed by atoms with Gasteiger partial charge >= 0.3 is 11.9 Å². The number of unbranched alkanes of at least 4 members (excludes halogenated alkanes) is 5. The van der Waals surface area contributed by atoms with E-state index in [2.05, 4.69) is 53.7 Å². The lowest BCUT2D eigenvalue weighted by Gasteiger charge is -2.05. The molecule has 4 nitrogen and oxygen atoms in total. The minimum atomic E-state index is -0.114. The van der Waals surface area contributed by atoms with E-state index in [9.17, 15) is 9.59 Å². The van der Waals surface area contributed by atoms with Crippen LogP contribution in [0.5, 0.6) is 0 Å². The molecule has 0 aliphatic heterocycles. The Morgan fingerprint density at radius 3 is 1.21 bits per heavy atom. The molecule has 0 fully saturated rings. The molecule has 0 saturated carbocycles. The van der Waals surface area contributed by atoms with Crippen molar-refractivity contribution in [3.63, 3.8) is 0 Å². The van der Waals surface area contributed by atoms with Crippen molar-refractivity contribution in [1.82, 2.24) is 0 Å². The molecule has 0 rings (SSSR count). The quantitative estimate of drug-likeness (QED) is 0.107. The van der Waals surface area contributed by atoms with Gasteiger partial charge in [-0.15, -0.1) is 0 Å². The van der Waals surface area contributed by atoms with E-state index in [-0.39, 0.29) is 11.9 Å². The number of hydrogen-bond acceptors (Lipinski definition) is 4. The average Bonchev–Trinajstić information content (AvgIpc) is 2.75. The predicted molar refractivity (Wildman–Crippen MR) is 144 cm³/mol. The topological polar surface area (TPSA) is 52.6 Å². The molecule has 0 saturated heterocycles. The molecule has 0 atom stereocenters. The summed E-state index contributed by atoms with van der Waals surface area (Å²) < 4.78 is 10.6. The summed E-state index contributed by atoms with van der Waals surface area (Å²) in [5.74, 6) is -0.227. The van der Waals surface area contributed by atoms with Crippen molar-refractivity contribution >= 4 is 11.9 Å². The number of ether oxygens (including phenoxy) is 2. The van der Waals surface area contributed by atoms with Gasteiger partial charge in [-0.1, -0.05) is 60.1 Å². The van der Waals surface area contributed by atoms with Crippen LogP contribution >= 0.6 is 0 Å². The first-order valence-electron chi connectivity index (χ1n) is 13.1. The minimum absolute atomic E-state index is 0.114. The van der Waals surface area contributed by atoms with E-state index < -0.39 is 0 Å². The molecule has 0 aliphatic carbocycles. The van der Waals surface area contributed by atoms with E-state index in [1.54, 1.807) is 0 Å². The third-order valence-corrected chi connectivity index (χ3v) is 5.55. The van der Waals surface area contributed by atoms with Crippen molar-refractivity contribution in [3.8, 4) is 0 Å². The van der Waals surface area contributed by atoms with Gasteiger partial charge in [0, 0.05) is 12.8 Å². The highest BCUT2D eigenvalue weighted by Gasteiger charge is 2.04. The van der Waals surface area contributed by atoms with Crippen molar-refractivity contribution < 1.29 is 19.1 Å². The number of rotatable bonds is 19. The minimum Gasteiger partial charge on any atom is -0.461 e. The van der Waals surface area contributed by atoms with Crippen LogP contribution in [0, 0.1) is 0 Å². The van der Waals surface area contributed by atoms with Crippen LogP contribution < -0.4 is 0 Å². The van der Waals surface area contributed by atoms with Crippen LogP contribution in [0.3, 0.4) is 0 Å². The van der Waals surface area contributed by atoms with Gasteiger partial charge in [0.2, 0.25) is 0 Å². The van der Waals surface area contributed by atoms with Gasteiger partial charge in [-0.05, 0) is 92.2 Å². The van der Waals surface area contributed by atoms with E-state index in [1.165, 1.54) is 22.3 Å². The third-order valence-electron chi connectivity index (χ3n) is 5.55. The molecule has 0 unspecified atom stereocenters. The van der Waals surface area contributed by atoms with Gasteiger partial charge in [-0.25, -0.2) is 0 Å². The number of allylic oxidation sites excluding steroid dienone is 6. The zero-order valence-corrected chi connectivity index (χ0v) is 22.8. The average molecular weight is 475 g/mol. The normalized spacial score (nSPS) is 11.7. The van der Waals surface area contributed by atoms with E-state index in [0.29, 0.717) is 26.1 Å². The maximum Gasteiger partial charge on any atom is 0.306 e. The molecule has 0 aromatic carbocycles. The zero-order chi connectivity index (χ0) is 25.6. The second-order valence-electron chi connectivity index (χ2n) is 9.73. The van der Waals surface area contributed by atoms with Crippen LogP contribution in [-0.2, 0) is 19.1 Å². The molecule has 194 valence electrons. The Morgan fingerprint density at radius 1 is 0.500 bits per heavy atom. The van der Waals surface area contributed by atoms with E-state index in [1.807, 2.05) is 12.2 Å². The highest BCUT2D eigenvalue weighted by atomic mass is 16.5. The number of carbonyl (C=O) groups excluding carboxylic acids is 2. The third kappa shape index (κ3) is 23.1. The van der Waals surface area contributed by atoms with Crippen molar-refractivity contribution in [3.05, 3.63) is 46.6 Å². The molecule has 0 spiro atoms. The zero-order valence-electron chi connectivity index (χ0n) is 22.8. The van der Waals surface area contributed by atoms with Gasteiger partial charge in [0.15, 0.2) is 0 Å². The largest absolute Gasteiger partial charge is 0.461 e. The molecular formula is C30H50O4. The Labute approximate surface area is 209 Å². The number of carbonyl (C=O) groups is 2.